The van der Waals surface area contributed by atoms with Gasteiger partial charge in [-0.15, -0.1) is 0 Å². The molecule has 0 fully saturated rings. The lowest BCUT2D eigenvalue weighted by atomic mass is 10.0. The third-order valence-electron chi connectivity index (χ3n) is 3.88. The van der Waals surface area contributed by atoms with Gasteiger partial charge in [-0.25, -0.2) is 0 Å². The zero-order valence-corrected chi connectivity index (χ0v) is 12.7. The number of carbonyl (C=O) groups excluding carboxylic acids is 1. The maximum Gasteiger partial charge on any atom is 0.212 e. The molecule has 0 bridgehead atoms. The first-order valence-electron chi connectivity index (χ1n) is 7.07. The fraction of sp³-hybridized carbons (Fsp3) is 0.375. The van der Waals surface area contributed by atoms with Gasteiger partial charge in [0.15, 0.2) is 0 Å². The molecule has 1 aliphatic rings. The SMILES string of the molecule is COCCn1ncc(Cl)c1C(=O)c1ccc2c(c1)CCC2. The molecule has 0 saturated heterocycles. The van der Waals surface area contributed by atoms with E-state index < -0.39 is 0 Å². The van der Waals surface area contributed by atoms with Gasteiger partial charge in [-0.1, -0.05) is 23.7 Å². The largest absolute Gasteiger partial charge is 0.383 e. The van der Waals surface area contributed by atoms with E-state index in [1.807, 2.05) is 12.1 Å². The number of methoxy groups -OCH3 is 1. The Morgan fingerprint density at radius 3 is 3.00 bits per heavy atom. The van der Waals surface area contributed by atoms with Crippen LogP contribution in [0.5, 0.6) is 0 Å². The molecular weight excluding hydrogens is 288 g/mol. The Bertz CT molecular complexity index is 679. The number of aryl methyl sites for hydroxylation is 2. The number of fused-ring (bicyclic) bond motifs is 1. The summed E-state index contributed by atoms with van der Waals surface area (Å²) in [7, 11) is 1.62. The summed E-state index contributed by atoms with van der Waals surface area (Å²) < 4.78 is 6.65. The number of hydrogen-bond acceptors (Lipinski definition) is 3. The lowest BCUT2D eigenvalue weighted by Gasteiger charge is -2.08. The summed E-state index contributed by atoms with van der Waals surface area (Å²) in [5, 5.41) is 4.54. The number of hydrogen-bond donors (Lipinski definition) is 0. The molecule has 0 unspecified atom stereocenters. The molecule has 3 rings (SSSR count). The number of benzene rings is 1. The van der Waals surface area contributed by atoms with Gasteiger partial charge in [0, 0.05) is 12.7 Å². The second kappa shape index (κ2) is 6.00. The summed E-state index contributed by atoms with van der Waals surface area (Å²) in [6.07, 6.45) is 4.83. The van der Waals surface area contributed by atoms with E-state index >= 15 is 0 Å². The second-order valence-electron chi connectivity index (χ2n) is 5.22. The van der Waals surface area contributed by atoms with Crippen LogP contribution >= 0.6 is 11.6 Å². The standard InChI is InChI=1S/C16H17ClN2O2/c1-21-8-7-19-15(14(17)10-18-19)16(20)13-6-5-11-3-2-4-12(11)9-13/h5-6,9-10H,2-4,7-8H2,1H3. The monoisotopic (exact) mass is 304 g/mol. The van der Waals surface area contributed by atoms with Crippen LogP contribution in [-0.2, 0) is 24.1 Å². The fourth-order valence-electron chi connectivity index (χ4n) is 2.79. The van der Waals surface area contributed by atoms with Crippen molar-refractivity contribution in [2.75, 3.05) is 13.7 Å². The van der Waals surface area contributed by atoms with E-state index in [0.717, 1.165) is 12.8 Å². The van der Waals surface area contributed by atoms with Crippen LogP contribution < -0.4 is 0 Å². The van der Waals surface area contributed by atoms with Gasteiger partial charge in [0.1, 0.15) is 5.69 Å². The summed E-state index contributed by atoms with van der Waals surface area (Å²) in [5.41, 5.74) is 3.74. The van der Waals surface area contributed by atoms with Crippen LogP contribution in [0.25, 0.3) is 0 Å². The van der Waals surface area contributed by atoms with Gasteiger partial charge >= 0.3 is 0 Å². The van der Waals surface area contributed by atoms with Crippen molar-refractivity contribution in [1.29, 1.82) is 0 Å². The third-order valence-corrected chi connectivity index (χ3v) is 4.15. The molecule has 1 aromatic carbocycles. The highest BCUT2D eigenvalue weighted by Crippen LogP contribution is 2.25. The number of halogens is 1. The Labute approximate surface area is 128 Å². The average Bonchev–Trinajstić information content (AvgIpc) is 3.10. The minimum absolute atomic E-state index is 0.0803. The molecule has 0 N–H and O–H groups in total. The van der Waals surface area contributed by atoms with Gasteiger partial charge in [0.2, 0.25) is 5.78 Å². The van der Waals surface area contributed by atoms with Gasteiger partial charge in [-0.2, -0.15) is 5.10 Å². The van der Waals surface area contributed by atoms with Crippen molar-refractivity contribution >= 4 is 17.4 Å². The Morgan fingerprint density at radius 2 is 2.19 bits per heavy atom. The van der Waals surface area contributed by atoms with Gasteiger partial charge < -0.3 is 4.74 Å². The summed E-state index contributed by atoms with van der Waals surface area (Å²) in [6, 6.07) is 5.93. The van der Waals surface area contributed by atoms with Gasteiger partial charge in [-0.05, 0) is 36.5 Å². The van der Waals surface area contributed by atoms with Crippen LogP contribution in [0.3, 0.4) is 0 Å². The zero-order chi connectivity index (χ0) is 14.8. The molecule has 2 aromatic rings. The Kier molecular flexibility index (Phi) is 4.08. The summed E-state index contributed by atoms with van der Waals surface area (Å²) in [4.78, 5) is 12.7. The summed E-state index contributed by atoms with van der Waals surface area (Å²) >= 11 is 6.14. The first-order valence-corrected chi connectivity index (χ1v) is 7.45. The molecule has 1 aromatic heterocycles. The van der Waals surface area contributed by atoms with Crippen molar-refractivity contribution in [3.8, 4) is 0 Å². The minimum atomic E-state index is -0.0803. The molecular formula is C16H17ClN2O2. The maximum absolute atomic E-state index is 12.7. The van der Waals surface area contributed by atoms with Crippen molar-refractivity contribution in [2.24, 2.45) is 0 Å². The highest BCUT2D eigenvalue weighted by molar-refractivity contribution is 6.34. The van der Waals surface area contributed by atoms with Crippen LogP contribution in [0.4, 0.5) is 0 Å². The van der Waals surface area contributed by atoms with Crippen molar-refractivity contribution in [3.05, 3.63) is 51.8 Å². The predicted molar refractivity (Wildman–Crippen MR) is 81.0 cm³/mol. The Hall–Kier alpha value is -1.65. The van der Waals surface area contributed by atoms with E-state index in [9.17, 15) is 4.79 Å². The first-order chi connectivity index (χ1) is 10.2. The van der Waals surface area contributed by atoms with Gasteiger partial charge in [-0.3, -0.25) is 9.48 Å². The molecule has 0 radical (unpaired) electrons. The van der Waals surface area contributed by atoms with Gasteiger partial charge in [0.25, 0.3) is 0 Å². The van der Waals surface area contributed by atoms with Crippen molar-refractivity contribution < 1.29 is 9.53 Å². The van der Waals surface area contributed by atoms with Crippen molar-refractivity contribution in [2.45, 2.75) is 25.8 Å². The fourth-order valence-corrected chi connectivity index (χ4v) is 3.01. The van der Waals surface area contributed by atoms with Crippen LogP contribution in [0.1, 0.15) is 33.6 Å². The van der Waals surface area contributed by atoms with Crippen LogP contribution in [-0.4, -0.2) is 29.3 Å². The molecule has 5 heteroatoms. The van der Waals surface area contributed by atoms with Crippen LogP contribution in [0.15, 0.2) is 24.4 Å². The Balaban J connectivity index is 1.93. The molecule has 1 heterocycles. The van der Waals surface area contributed by atoms with E-state index in [1.54, 1.807) is 11.8 Å². The number of nitrogens with zero attached hydrogens (tertiary/aromatic N) is 2. The molecule has 110 valence electrons. The summed E-state index contributed by atoms with van der Waals surface area (Å²) in [6.45, 7) is 0.998. The minimum Gasteiger partial charge on any atom is -0.383 e. The molecule has 0 aliphatic heterocycles. The van der Waals surface area contributed by atoms with E-state index in [4.69, 9.17) is 16.3 Å². The highest BCUT2D eigenvalue weighted by atomic mass is 35.5. The number of carbonyl (C=O) groups is 1. The predicted octanol–water partition coefficient (Wildman–Crippen LogP) is 2.90. The molecule has 4 nitrogen and oxygen atoms in total. The number of ketones is 1. The lowest BCUT2D eigenvalue weighted by molar-refractivity contribution is 0.102. The van der Waals surface area contributed by atoms with Crippen molar-refractivity contribution in [3.63, 3.8) is 0 Å². The molecule has 0 saturated carbocycles. The second-order valence-corrected chi connectivity index (χ2v) is 5.63. The van der Waals surface area contributed by atoms with E-state index in [0.29, 0.717) is 29.4 Å². The quantitative estimate of drug-likeness (QED) is 0.798. The Morgan fingerprint density at radius 1 is 1.38 bits per heavy atom. The van der Waals surface area contributed by atoms with E-state index in [2.05, 4.69) is 11.2 Å². The number of rotatable bonds is 5. The third kappa shape index (κ3) is 2.74. The van der Waals surface area contributed by atoms with Crippen LogP contribution in [0.2, 0.25) is 5.02 Å². The van der Waals surface area contributed by atoms with E-state index in [1.165, 1.54) is 23.7 Å². The normalized spacial score (nSPS) is 13.4. The topological polar surface area (TPSA) is 44.1 Å². The van der Waals surface area contributed by atoms with Gasteiger partial charge in [0.05, 0.1) is 24.4 Å². The molecule has 0 spiro atoms. The summed E-state index contributed by atoms with van der Waals surface area (Å²) in [5.74, 6) is -0.0803. The number of aromatic nitrogens is 2. The first kappa shape index (κ1) is 14.3. The van der Waals surface area contributed by atoms with E-state index in [-0.39, 0.29) is 5.78 Å². The molecule has 1 aliphatic carbocycles. The molecule has 0 atom stereocenters. The van der Waals surface area contributed by atoms with Crippen LogP contribution in [0, 0.1) is 0 Å². The van der Waals surface area contributed by atoms with Crippen molar-refractivity contribution in [1.82, 2.24) is 9.78 Å². The smallest absolute Gasteiger partial charge is 0.212 e. The average molecular weight is 305 g/mol. The lowest BCUT2D eigenvalue weighted by Crippen LogP contribution is -2.15. The molecule has 0 amide bonds. The zero-order valence-electron chi connectivity index (χ0n) is 11.9. The highest BCUT2D eigenvalue weighted by Gasteiger charge is 2.21. The molecule has 21 heavy (non-hydrogen) atoms. The maximum atomic E-state index is 12.7. The number of ether oxygens (including phenoxy) is 1.